The number of nitrogens with zero attached hydrogens (tertiary/aromatic N) is 3. The highest BCUT2D eigenvalue weighted by molar-refractivity contribution is 5.84. The number of carboxylic acid groups (broad SMARTS) is 3. The fourth-order valence-electron chi connectivity index (χ4n) is 4.56. The summed E-state index contributed by atoms with van der Waals surface area (Å²) in [5.41, 5.74) is 7.15. The van der Waals surface area contributed by atoms with Crippen LogP contribution in [-0.4, -0.2) is 138 Å². The van der Waals surface area contributed by atoms with E-state index in [0.29, 0.717) is 39.0 Å². The summed E-state index contributed by atoms with van der Waals surface area (Å²) in [5.74, 6) is -3.34. The number of rotatable bonds is 28. The van der Waals surface area contributed by atoms with Gasteiger partial charge in [0.2, 0.25) is 0 Å². The Morgan fingerprint density at radius 3 is 1.95 bits per heavy atom. The van der Waals surface area contributed by atoms with Crippen LogP contribution in [0.25, 0.3) is 0 Å². The van der Waals surface area contributed by atoms with Crippen molar-refractivity contribution in [3.05, 3.63) is 35.9 Å². The molecule has 13 heteroatoms. The summed E-state index contributed by atoms with van der Waals surface area (Å²) in [6.45, 7) is 0.747. The van der Waals surface area contributed by atoms with Gasteiger partial charge < -0.3 is 25.8 Å². The van der Waals surface area contributed by atoms with Gasteiger partial charge in [0.25, 0.3) is 0 Å². The summed E-state index contributed by atoms with van der Waals surface area (Å²) >= 11 is 0. The van der Waals surface area contributed by atoms with Crippen LogP contribution in [0.1, 0.15) is 50.5 Å². The van der Waals surface area contributed by atoms with Gasteiger partial charge in [0, 0.05) is 39.2 Å². The molecule has 0 radical (unpaired) electrons. The Hall–Kier alpha value is -3.23. The smallest absolute Gasteiger partial charge is 0.317 e. The normalized spacial score (nSPS) is 12.1. The first-order valence-corrected chi connectivity index (χ1v) is 15.2. The van der Waals surface area contributed by atoms with Gasteiger partial charge in [-0.15, -0.1) is 0 Å². The topological polar surface area (TPSA) is 191 Å². The molecule has 44 heavy (non-hydrogen) atoms. The number of carboxylic acids is 3. The van der Waals surface area contributed by atoms with E-state index in [1.807, 2.05) is 35.2 Å². The summed E-state index contributed by atoms with van der Waals surface area (Å²) < 4.78 is 5.51. The highest BCUT2D eigenvalue weighted by atomic mass is 16.5. The maximum atomic E-state index is 12.7. The number of aryl methyl sites for hydroxylation is 1. The van der Waals surface area contributed by atoms with Crippen LogP contribution < -0.4 is 5.73 Å². The van der Waals surface area contributed by atoms with Crippen LogP contribution in [0.2, 0.25) is 0 Å². The Balaban J connectivity index is 2.30. The van der Waals surface area contributed by atoms with Gasteiger partial charge in [-0.25, -0.2) is 0 Å². The fraction of sp³-hybridized carbons (Fsp3) is 0.645. The van der Waals surface area contributed by atoms with E-state index in [4.69, 9.17) is 25.8 Å². The van der Waals surface area contributed by atoms with E-state index in [2.05, 4.69) is 0 Å². The Morgan fingerprint density at radius 2 is 1.32 bits per heavy atom. The van der Waals surface area contributed by atoms with Crippen LogP contribution >= 0.6 is 0 Å². The van der Waals surface area contributed by atoms with Crippen molar-refractivity contribution in [1.82, 2.24) is 14.7 Å². The zero-order chi connectivity index (χ0) is 32.7. The summed E-state index contributed by atoms with van der Waals surface area (Å²) in [4.78, 5) is 62.7. The molecule has 0 unspecified atom stereocenters. The number of ether oxygens (including phenoxy) is 1. The van der Waals surface area contributed by atoms with Crippen molar-refractivity contribution in [3.8, 4) is 0 Å². The maximum absolute atomic E-state index is 12.7. The Labute approximate surface area is 259 Å². The number of likely N-dealkylation sites (N-methyl/N-ethyl adjacent to an activating group) is 1. The molecule has 0 bridgehead atoms. The minimum absolute atomic E-state index is 0.0113. The first-order chi connectivity index (χ1) is 21.0. The number of nitrogens with two attached hydrogens (primary N) is 1. The van der Waals surface area contributed by atoms with Gasteiger partial charge in [0.1, 0.15) is 12.4 Å². The Morgan fingerprint density at radius 1 is 0.750 bits per heavy atom. The van der Waals surface area contributed by atoms with E-state index in [1.165, 1.54) is 4.90 Å². The third-order valence-electron chi connectivity index (χ3n) is 7.04. The van der Waals surface area contributed by atoms with Crippen molar-refractivity contribution >= 4 is 29.5 Å². The zero-order valence-corrected chi connectivity index (χ0v) is 25.9. The highest BCUT2D eigenvalue weighted by Gasteiger charge is 2.18. The lowest BCUT2D eigenvalue weighted by atomic mass is 10.0. The molecule has 0 aromatic heterocycles. The predicted molar refractivity (Wildman–Crippen MR) is 165 cm³/mol. The molecule has 1 rings (SSSR count). The summed E-state index contributed by atoms with van der Waals surface area (Å²) in [7, 11) is 1.65. The standard InChI is InChI=1S/C31H50N4O9/c1-33(21-29(38)39)15-16-34(17-18-35(22-30(40)41)23-31(42)43)20-26(36)12-8-3-2-4-9-19-44-24-28(37)27(32)14-13-25-10-6-5-7-11-25/h5-7,10-11,27H,2-4,8-9,12-24,32H2,1H3,(H,38,39)(H,40,41)(H,42,43)/t27-/m1/s1. The molecule has 1 atom stereocenters. The number of unbranched alkanes of at least 4 members (excludes halogenated alkanes) is 4. The zero-order valence-electron chi connectivity index (χ0n) is 25.9. The van der Waals surface area contributed by atoms with Crippen LogP contribution in [0.15, 0.2) is 30.3 Å². The monoisotopic (exact) mass is 622 g/mol. The molecule has 0 aliphatic rings. The SMILES string of the molecule is CN(CCN(CCN(CC(=O)O)CC(=O)O)CC(=O)CCCCCCCOCC(=O)[C@H](N)CCc1ccccc1)CC(=O)O. The minimum Gasteiger partial charge on any atom is -0.480 e. The highest BCUT2D eigenvalue weighted by Crippen LogP contribution is 2.08. The number of aliphatic carboxylic acids is 3. The van der Waals surface area contributed by atoms with Crippen molar-refractivity contribution in [2.45, 2.75) is 57.4 Å². The number of hydrogen-bond acceptors (Lipinski definition) is 10. The molecule has 0 aliphatic heterocycles. The van der Waals surface area contributed by atoms with E-state index in [9.17, 15) is 24.0 Å². The van der Waals surface area contributed by atoms with Crippen LogP contribution in [0.4, 0.5) is 0 Å². The third-order valence-corrected chi connectivity index (χ3v) is 7.04. The lowest BCUT2D eigenvalue weighted by Crippen LogP contribution is -2.44. The van der Waals surface area contributed by atoms with Crippen molar-refractivity contribution in [2.75, 3.05) is 72.6 Å². The first kappa shape index (κ1) is 38.8. The molecule has 0 aliphatic carbocycles. The molecular formula is C31H50N4O9. The van der Waals surface area contributed by atoms with Gasteiger partial charge in [0.15, 0.2) is 5.78 Å². The minimum atomic E-state index is -1.14. The molecule has 248 valence electrons. The van der Waals surface area contributed by atoms with Gasteiger partial charge in [-0.2, -0.15) is 0 Å². The van der Waals surface area contributed by atoms with Gasteiger partial charge in [-0.05, 0) is 38.3 Å². The number of hydrogen-bond donors (Lipinski definition) is 4. The molecule has 0 heterocycles. The number of carbonyl (C=O) groups is 5. The van der Waals surface area contributed by atoms with Gasteiger partial charge in [-0.3, -0.25) is 38.7 Å². The molecule has 5 N–H and O–H groups in total. The van der Waals surface area contributed by atoms with Crippen LogP contribution in [0.5, 0.6) is 0 Å². The Bertz CT molecular complexity index is 993. The predicted octanol–water partition coefficient (Wildman–Crippen LogP) is 1.23. The second-order valence-corrected chi connectivity index (χ2v) is 11.1. The number of ketones is 2. The summed E-state index contributed by atoms with van der Waals surface area (Å²) in [6, 6.07) is 9.35. The van der Waals surface area contributed by atoms with E-state index >= 15 is 0 Å². The molecule has 13 nitrogen and oxygen atoms in total. The van der Waals surface area contributed by atoms with E-state index in [0.717, 1.165) is 37.7 Å². The number of carbonyl (C=O) groups excluding carboxylic acids is 2. The van der Waals surface area contributed by atoms with Crippen LogP contribution in [0, 0.1) is 0 Å². The van der Waals surface area contributed by atoms with Gasteiger partial charge in [0.05, 0.1) is 32.2 Å². The molecule has 1 aromatic rings. The molecule has 0 fully saturated rings. The summed E-state index contributed by atoms with van der Waals surface area (Å²) in [5, 5.41) is 27.1. The lowest BCUT2D eigenvalue weighted by Gasteiger charge is -2.27. The molecule has 0 spiro atoms. The average molecular weight is 623 g/mol. The average Bonchev–Trinajstić information content (AvgIpc) is 2.95. The van der Waals surface area contributed by atoms with Crippen molar-refractivity contribution in [1.29, 1.82) is 0 Å². The van der Waals surface area contributed by atoms with Crippen molar-refractivity contribution < 1.29 is 44.0 Å². The largest absolute Gasteiger partial charge is 0.480 e. The third kappa shape index (κ3) is 20.6. The van der Waals surface area contributed by atoms with E-state index in [-0.39, 0.29) is 44.4 Å². The van der Waals surface area contributed by atoms with Crippen LogP contribution in [0.3, 0.4) is 0 Å². The molecule has 0 amide bonds. The van der Waals surface area contributed by atoms with E-state index in [1.54, 1.807) is 11.9 Å². The van der Waals surface area contributed by atoms with Crippen LogP contribution in [-0.2, 0) is 35.1 Å². The molecule has 1 aromatic carbocycles. The number of Topliss-reactive ketones (excluding diaryl/α,β-unsaturated/α-hetero) is 2. The van der Waals surface area contributed by atoms with Gasteiger partial charge in [-0.1, -0.05) is 49.6 Å². The first-order valence-electron chi connectivity index (χ1n) is 15.2. The number of benzene rings is 1. The molecule has 0 saturated carbocycles. The molecule has 0 saturated heterocycles. The van der Waals surface area contributed by atoms with Crippen molar-refractivity contribution in [2.24, 2.45) is 5.73 Å². The second kappa shape index (κ2) is 23.2. The second-order valence-electron chi connectivity index (χ2n) is 11.1. The summed E-state index contributed by atoms with van der Waals surface area (Å²) in [6.07, 6.45) is 5.92. The maximum Gasteiger partial charge on any atom is 0.317 e. The quantitative estimate of drug-likeness (QED) is 0.0977. The fourth-order valence-corrected chi connectivity index (χ4v) is 4.56. The van der Waals surface area contributed by atoms with Crippen molar-refractivity contribution in [3.63, 3.8) is 0 Å². The van der Waals surface area contributed by atoms with E-state index < -0.39 is 37.0 Å². The lowest BCUT2D eigenvalue weighted by molar-refractivity contribution is -0.142. The Kier molecular flexibility index (Phi) is 20.4. The van der Waals surface area contributed by atoms with Gasteiger partial charge >= 0.3 is 17.9 Å². The molecular weight excluding hydrogens is 572 g/mol.